The van der Waals surface area contributed by atoms with Crippen molar-refractivity contribution in [1.29, 1.82) is 0 Å². The number of halogens is 1. The largest absolute Gasteiger partial charge is 0.352 e. The fourth-order valence-electron chi connectivity index (χ4n) is 5.65. The Bertz CT molecular complexity index is 1410. The number of nitrogens with one attached hydrogen (secondary N) is 1. The molecule has 0 aliphatic heterocycles. The van der Waals surface area contributed by atoms with E-state index in [1.54, 1.807) is 4.90 Å². The Kier molecular flexibility index (Phi) is 8.95. The number of nitrogens with zero attached hydrogens (tertiary/aromatic N) is 1. The number of hydrogen-bond acceptors (Lipinski definition) is 2. The summed E-state index contributed by atoms with van der Waals surface area (Å²) >= 11 is 6.31. The second-order valence-electron chi connectivity index (χ2n) is 10.5. The normalized spacial score (nSPS) is 14.3. The average molecular weight is 539 g/mol. The third kappa shape index (κ3) is 7.07. The highest BCUT2D eigenvalue weighted by atomic mass is 35.5. The van der Waals surface area contributed by atoms with Gasteiger partial charge in [0.2, 0.25) is 11.8 Å². The molecule has 5 heteroatoms. The molecule has 5 rings (SSSR count). The summed E-state index contributed by atoms with van der Waals surface area (Å²) in [6, 6.07) is 31.6. The Morgan fingerprint density at radius 3 is 2.33 bits per heavy atom. The van der Waals surface area contributed by atoms with Crippen LogP contribution in [-0.4, -0.2) is 28.8 Å². The molecule has 0 unspecified atom stereocenters. The molecule has 0 bridgehead atoms. The van der Waals surface area contributed by atoms with Gasteiger partial charge < -0.3 is 10.2 Å². The minimum absolute atomic E-state index is 0.0367. The van der Waals surface area contributed by atoms with Crippen LogP contribution in [0, 0.1) is 0 Å². The molecule has 0 spiro atoms. The van der Waals surface area contributed by atoms with E-state index < -0.39 is 6.04 Å². The second-order valence-corrected chi connectivity index (χ2v) is 10.9. The third-order valence-corrected chi connectivity index (χ3v) is 7.94. The smallest absolute Gasteiger partial charge is 0.243 e. The molecular weight excluding hydrogens is 504 g/mol. The molecule has 0 saturated heterocycles. The van der Waals surface area contributed by atoms with Crippen LogP contribution in [-0.2, 0) is 29.0 Å². The molecule has 2 amide bonds. The maximum Gasteiger partial charge on any atom is 0.243 e. The van der Waals surface area contributed by atoms with E-state index >= 15 is 0 Å². The van der Waals surface area contributed by atoms with E-state index in [1.807, 2.05) is 72.8 Å². The van der Waals surface area contributed by atoms with E-state index in [0.29, 0.717) is 30.8 Å². The Balaban J connectivity index is 1.44. The van der Waals surface area contributed by atoms with E-state index in [-0.39, 0.29) is 17.9 Å². The Hall–Kier alpha value is -3.63. The van der Waals surface area contributed by atoms with Gasteiger partial charge >= 0.3 is 0 Å². The van der Waals surface area contributed by atoms with Crippen molar-refractivity contribution in [2.45, 2.75) is 63.6 Å². The van der Waals surface area contributed by atoms with Crippen molar-refractivity contribution in [3.63, 3.8) is 0 Å². The van der Waals surface area contributed by atoms with Crippen LogP contribution in [0.15, 0.2) is 97.1 Å². The number of carbonyl (C=O) groups excluding carboxylic acids is 2. The third-order valence-electron chi connectivity index (χ3n) is 7.70. The van der Waals surface area contributed by atoms with Crippen molar-refractivity contribution >= 4 is 34.2 Å². The molecule has 4 aromatic carbocycles. The number of carbonyl (C=O) groups is 2. The lowest BCUT2D eigenvalue weighted by Gasteiger charge is -2.32. The molecule has 4 aromatic rings. The zero-order valence-corrected chi connectivity index (χ0v) is 22.9. The quantitative estimate of drug-likeness (QED) is 0.233. The zero-order chi connectivity index (χ0) is 27.0. The lowest BCUT2D eigenvalue weighted by molar-refractivity contribution is -0.141. The molecule has 1 atom stereocenters. The van der Waals surface area contributed by atoms with Crippen molar-refractivity contribution in [3.8, 4) is 0 Å². The molecule has 1 fully saturated rings. The summed E-state index contributed by atoms with van der Waals surface area (Å²) in [6.45, 7) is 0.324. The lowest BCUT2D eigenvalue weighted by Crippen LogP contribution is -2.52. The van der Waals surface area contributed by atoms with Crippen molar-refractivity contribution in [1.82, 2.24) is 10.2 Å². The summed E-state index contributed by atoms with van der Waals surface area (Å²) in [6.07, 6.45) is 5.63. The van der Waals surface area contributed by atoms with Gasteiger partial charge in [0.1, 0.15) is 6.04 Å². The Labute approximate surface area is 236 Å². The number of fused-ring (bicyclic) bond motifs is 1. The van der Waals surface area contributed by atoms with Crippen LogP contribution in [0.4, 0.5) is 0 Å². The van der Waals surface area contributed by atoms with Gasteiger partial charge in [-0.15, -0.1) is 0 Å². The monoisotopic (exact) mass is 538 g/mol. The van der Waals surface area contributed by atoms with Crippen LogP contribution in [0.25, 0.3) is 10.8 Å². The van der Waals surface area contributed by atoms with Gasteiger partial charge in [-0.05, 0) is 58.9 Å². The summed E-state index contributed by atoms with van der Waals surface area (Å²) in [4.78, 5) is 29.6. The van der Waals surface area contributed by atoms with Crippen LogP contribution >= 0.6 is 11.6 Å². The van der Waals surface area contributed by atoms with Crippen LogP contribution in [0.3, 0.4) is 0 Å². The van der Waals surface area contributed by atoms with E-state index in [9.17, 15) is 9.59 Å². The van der Waals surface area contributed by atoms with Crippen LogP contribution < -0.4 is 5.32 Å². The maximum atomic E-state index is 14.0. The topological polar surface area (TPSA) is 49.4 Å². The van der Waals surface area contributed by atoms with Gasteiger partial charge in [0.05, 0.1) is 0 Å². The standard InChI is InChI=1S/C34H35ClN2O2/c35-29-16-8-12-26(22-29)24-37(33(38)21-20-28-15-9-14-27-13-4-7-19-31(27)28)32(23-25-10-2-1-3-11-25)34(39)36-30-17-5-6-18-30/h1-4,7-16,19,22,30,32H,5-6,17-18,20-21,23-24H2,(H,36,39)/t32-/m1/s1. The Morgan fingerprint density at radius 2 is 1.54 bits per heavy atom. The van der Waals surface area contributed by atoms with E-state index in [1.165, 1.54) is 0 Å². The van der Waals surface area contributed by atoms with Gasteiger partial charge in [-0.1, -0.05) is 109 Å². The molecule has 0 heterocycles. The first kappa shape index (κ1) is 27.0. The molecule has 1 N–H and O–H groups in total. The van der Waals surface area contributed by atoms with Crippen molar-refractivity contribution in [3.05, 3.63) is 119 Å². The molecule has 39 heavy (non-hydrogen) atoms. The highest BCUT2D eigenvalue weighted by Gasteiger charge is 2.32. The number of rotatable bonds is 10. The lowest BCUT2D eigenvalue weighted by atomic mass is 9.99. The summed E-state index contributed by atoms with van der Waals surface area (Å²) in [5.74, 6) is -0.114. The summed E-state index contributed by atoms with van der Waals surface area (Å²) in [5.41, 5.74) is 3.08. The number of hydrogen-bond donors (Lipinski definition) is 1. The molecule has 1 saturated carbocycles. The first-order valence-electron chi connectivity index (χ1n) is 13.9. The minimum atomic E-state index is -0.619. The van der Waals surface area contributed by atoms with Crippen LogP contribution in [0.2, 0.25) is 5.02 Å². The first-order valence-corrected chi connectivity index (χ1v) is 14.3. The van der Waals surface area contributed by atoms with Crippen molar-refractivity contribution in [2.75, 3.05) is 0 Å². The summed E-state index contributed by atoms with van der Waals surface area (Å²) in [5, 5.41) is 6.21. The van der Waals surface area contributed by atoms with Gasteiger partial charge in [-0.2, -0.15) is 0 Å². The summed E-state index contributed by atoms with van der Waals surface area (Å²) in [7, 11) is 0. The van der Waals surface area contributed by atoms with Crippen molar-refractivity contribution in [2.24, 2.45) is 0 Å². The minimum Gasteiger partial charge on any atom is -0.352 e. The second kappa shape index (κ2) is 12.9. The molecule has 200 valence electrons. The van der Waals surface area contributed by atoms with E-state index in [0.717, 1.165) is 53.1 Å². The molecule has 0 aromatic heterocycles. The predicted octanol–water partition coefficient (Wildman–Crippen LogP) is 7.12. The summed E-state index contributed by atoms with van der Waals surface area (Å²) < 4.78 is 0. The predicted molar refractivity (Wildman–Crippen MR) is 159 cm³/mol. The van der Waals surface area contributed by atoms with Crippen molar-refractivity contribution < 1.29 is 9.59 Å². The van der Waals surface area contributed by atoms with Gasteiger partial charge in [0.25, 0.3) is 0 Å². The highest BCUT2D eigenvalue weighted by Crippen LogP contribution is 2.23. The average Bonchev–Trinajstić information content (AvgIpc) is 3.47. The van der Waals surface area contributed by atoms with Gasteiger partial charge in [-0.3, -0.25) is 9.59 Å². The number of benzene rings is 4. The number of aryl methyl sites for hydroxylation is 1. The molecule has 1 aliphatic carbocycles. The molecular formula is C34H35ClN2O2. The fraction of sp³-hybridized carbons (Fsp3) is 0.294. The molecule has 0 radical (unpaired) electrons. The van der Waals surface area contributed by atoms with Crippen LogP contribution in [0.5, 0.6) is 0 Å². The fourth-order valence-corrected chi connectivity index (χ4v) is 5.86. The Morgan fingerprint density at radius 1 is 0.846 bits per heavy atom. The maximum absolute atomic E-state index is 14.0. The van der Waals surface area contributed by atoms with E-state index in [4.69, 9.17) is 11.6 Å². The molecule has 1 aliphatic rings. The first-order chi connectivity index (χ1) is 19.1. The van der Waals surface area contributed by atoms with Crippen LogP contribution in [0.1, 0.15) is 48.8 Å². The van der Waals surface area contributed by atoms with Gasteiger partial charge in [-0.25, -0.2) is 0 Å². The van der Waals surface area contributed by atoms with E-state index in [2.05, 4.69) is 29.6 Å². The SMILES string of the molecule is O=C(NC1CCCC1)[C@@H](Cc1ccccc1)N(Cc1cccc(Cl)c1)C(=O)CCc1cccc2ccccc12. The molecule has 4 nitrogen and oxygen atoms in total. The van der Waals surface area contributed by atoms with Gasteiger partial charge in [0, 0.05) is 30.5 Å². The highest BCUT2D eigenvalue weighted by molar-refractivity contribution is 6.30. The zero-order valence-electron chi connectivity index (χ0n) is 22.2. The number of amides is 2. The van der Waals surface area contributed by atoms with Gasteiger partial charge in [0.15, 0.2) is 0 Å².